The second kappa shape index (κ2) is 52.3. The topological polar surface area (TPSA) is 762 Å². The Morgan fingerprint density at radius 3 is 1.38 bits per heavy atom. The summed E-state index contributed by atoms with van der Waals surface area (Å²) in [6, 6.07) is -3.93. The third kappa shape index (κ3) is 35.5. The lowest BCUT2D eigenvalue weighted by Gasteiger charge is -2.35. The number of phenols is 1. The second-order valence-corrected chi connectivity index (χ2v) is 36.8. The van der Waals surface area contributed by atoms with Crippen molar-refractivity contribution in [2.45, 2.75) is 215 Å². The number of hydrogen-bond donors (Lipinski definition) is 24. The number of nitrogens with two attached hydrogens (primary N) is 3. The van der Waals surface area contributed by atoms with Gasteiger partial charge in [0.25, 0.3) is 0 Å². The average Bonchev–Trinajstić information content (AvgIpc) is 1.10. The van der Waals surface area contributed by atoms with Gasteiger partial charge in [-0.05, 0) is 78.6 Å². The summed E-state index contributed by atoms with van der Waals surface area (Å²) in [6.07, 6.45) is -9.59. The zero-order valence-electron chi connectivity index (χ0n) is 76.4. The molecule has 3 fully saturated rings. The summed E-state index contributed by atoms with van der Waals surface area (Å²) < 4.78 is 0. The van der Waals surface area contributed by atoms with Gasteiger partial charge in [-0.25, -0.2) is 0 Å². The van der Waals surface area contributed by atoms with E-state index in [-0.39, 0.29) is 39.9 Å². The number of carboxylic acids is 4. The number of aliphatic hydroxyl groups is 1. The van der Waals surface area contributed by atoms with Crippen LogP contribution in [0.5, 0.6) is 5.75 Å². The van der Waals surface area contributed by atoms with Crippen molar-refractivity contribution in [3.63, 3.8) is 0 Å². The van der Waals surface area contributed by atoms with E-state index >= 15 is 24.0 Å². The molecule has 1 unspecified atom stereocenters. The van der Waals surface area contributed by atoms with Crippen LogP contribution in [0.25, 0.3) is 10.8 Å². The van der Waals surface area contributed by atoms with Gasteiger partial charge in [-0.2, -0.15) is 23.5 Å². The second-order valence-electron chi connectivity index (χ2n) is 34.5. The molecular weight excluding hydrogens is 1850 g/mol. The number of phenolic OH excluding ortho intramolecular Hbond substituents is 1. The quantitative estimate of drug-likeness (QED) is 0.0369. The number of hydrogen-bond acceptors (Lipinski definition) is 28. The highest BCUT2D eigenvalue weighted by Crippen LogP contribution is 2.25. The van der Waals surface area contributed by atoms with Gasteiger partial charge < -0.3 is 132 Å². The van der Waals surface area contributed by atoms with Crippen molar-refractivity contribution in [2.75, 3.05) is 55.7 Å². The van der Waals surface area contributed by atoms with Crippen LogP contribution in [-0.4, -0.2) is 323 Å². The number of carbonyl (C=O) groups is 22. The van der Waals surface area contributed by atoms with Gasteiger partial charge in [0.1, 0.15) is 90.3 Å². The summed E-state index contributed by atoms with van der Waals surface area (Å²) in [4.78, 5) is 314. The third-order valence-corrected chi connectivity index (χ3v) is 24.2. The van der Waals surface area contributed by atoms with Crippen LogP contribution in [-0.2, 0) is 125 Å². The van der Waals surface area contributed by atoms with Gasteiger partial charge in [0.05, 0.1) is 38.4 Å². The van der Waals surface area contributed by atoms with Crippen molar-refractivity contribution < 1.29 is 136 Å². The van der Waals surface area contributed by atoms with Gasteiger partial charge >= 0.3 is 23.9 Å². The number of thioether (sulfide) groups is 2. The standard InChI is InChI=1S/C88H118N20O28S2/c1-44(89)73(122)105-63-41-138-32-28-66(112)108-30-29-107-42-88(136,43-108)92-39-61(103-75(124)46(3)93-78(127)57(35-50-17-12-16-49-15-10-11-18-52(49)50)100-76(125)53(23-25-67(113)114)95-81(130)58(36-64(90)110)97-74(123)45(2)94-85(63)134)84(133)96-54(24-26-68(115)116)77(126)101-59(37-69(117)118)82(131)99-55(33-47-13-8-7-9-14-47)79(128)98-56(34-48-19-21-51(109)22-20-48)80(129)102-60(38-70(119)120)83(132)106-71(87(4,5)6)86(135)104-62(72(91)121)40-137-31-27-65(107)111/h7-22,44-46,53-63,71,92,109,136H,23-43,89H2,1-6H3,(H2,90,110)(H2,91,121)(H,93,127)(H,94,134)(H,95,130)(H,96,133)(H,97,123)(H,98,128)(H,99,131)(H,100,125)(H,101,126)(H,102,129)(H,103,124)(H,104,135)(H,105,122)(H,106,132)(H,113,114)(H,115,116)(H,117,118)(H,119,120)/t44-,45+,46+,53-,54-,55-,56-,57-,58-,59-,60-,61-,62-,63-,71+,88?/m0/s1. The Balaban J connectivity index is 1.39. The molecule has 3 heterocycles. The van der Waals surface area contributed by atoms with E-state index in [4.69, 9.17) is 17.2 Å². The summed E-state index contributed by atoms with van der Waals surface area (Å²) in [7, 11) is 0. The number of fused-ring (bicyclic) bond motifs is 5. The molecule has 16 atom stereocenters. The van der Waals surface area contributed by atoms with Gasteiger partial charge in [0, 0.05) is 87.6 Å². The summed E-state index contributed by atoms with van der Waals surface area (Å²) in [6.45, 7) is 4.36. The first-order chi connectivity index (χ1) is 65.0. The number of nitrogens with zero attached hydrogens (tertiary/aromatic N) is 2. The van der Waals surface area contributed by atoms with E-state index < -0.39 is 342 Å². The molecule has 50 heteroatoms. The predicted octanol–water partition coefficient (Wildman–Crippen LogP) is -6.94. The molecule has 750 valence electrons. The number of amides is 18. The smallest absolute Gasteiger partial charge is 0.305 e. The van der Waals surface area contributed by atoms with Gasteiger partial charge in [-0.1, -0.05) is 106 Å². The molecule has 48 nitrogen and oxygen atoms in total. The molecule has 0 aliphatic carbocycles. The maximum atomic E-state index is 15.5. The zero-order chi connectivity index (χ0) is 102. The molecule has 4 aromatic carbocycles. The highest BCUT2D eigenvalue weighted by atomic mass is 32.2. The van der Waals surface area contributed by atoms with Crippen molar-refractivity contribution in [3.05, 3.63) is 114 Å². The summed E-state index contributed by atoms with van der Waals surface area (Å²) in [5, 5.41) is 101. The van der Waals surface area contributed by atoms with E-state index in [1.54, 1.807) is 48.5 Å². The number of nitrogens with one attached hydrogen (secondary N) is 15. The number of aromatic hydroxyl groups is 1. The molecule has 3 aliphatic heterocycles. The molecule has 4 aromatic rings. The zero-order valence-corrected chi connectivity index (χ0v) is 78.0. The molecule has 138 heavy (non-hydrogen) atoms. The van der Waals surface area contributed by atoms with Crippen LogP contribution >= 0.6 is 23.5 Å². The normalized spacial score (nSPS) is 25.6. The van der Waals surface area contributed by atoms with E-state index in [1.165, 1.54) is 76.2 Å². The Morgan fingerprint density at radius 1 is 0.464 bits per heavy atom. The minimum Gasteiger partial charge on any atom is -0.508 e. The van der Waals surface area contributed by atoms with Gasteiger partial charge in [-0.3, -0.25) is 111 Å². The van der Waals surface area contributed by atoms with E-state index in [0.29, 0.717) is 16.3 Å². The van der Waals surface area contributed by atoms with E-state index in [2.05, 4.69) is 79.8 Å². The summed E-state index contributed by atoms with van der Waals surface area (Å²) in [5.41, 5.74) is 14.1. The van der Waals surface area contributed by atoms with Gasteiger partial charge in [0.15, 0.2) is 5.72 Å². The van der Waals surface area contributed by atoms with Crippen LogP contribution in [0.15, 0.2) is 97.1 Å². The van der Waals surface area contributed by atoms with E-state index in [9.17, 15) is 112 Å². The molecule has 18 amide bonds. The Bertz CT molecular complexity index is 5160. The molecule has 3 saturated heterocycles. The summed E-state index contributed by atoms with van der Waals surface area (Å²) in [5.74, 6) is -29.7. The van der Waals surface area contributed by atoms with Crippen LogP contribution < -0.4 is 97.0 Å². The number of carbonyl (C=O) groups excluding carboxylic acids is 18. The molecule has 4 bridgehead atoms. The first-order valence-corrected chi connectivity index (χ1v) is 46.2. The Hall–Kier alpha value is -14.1. The van der Waals surface area contributed by atoms with Crippen LogP contribution in [0.4, 0.5) is 0 Å². The minimum atomic E-state index is -2.66. The lowest BCUT2D eigenvalue weighted by molar-refractivity contribution is -0.142. The van der Waals surface area contributed by atoms with Crippen molar-refractivity contribution in [1.29, 1.82) is 0 Å². The maximum Gasteiger partial charge on any atom is 0.305 e. The van der Waals surface area contributed by atoms with Gasteiger partial charge in [-0.15, -0.1) is 0 Å². The molecule has 0 radical (unpaired) electrons. The van der Waals surface area contributed by atoms with E-state index in [1.807, 2.05) is 0 Å². The molecule has 27 N–H and O–H groups in total. The lowest BCUT2D eigenvalue weighted by atomic mass is 9.85. The van der Waals surface area contributed by atoms with Crippen molar-refractivity contribution >= 4 is 165 Å². The largest absolute Gasteiger partial charge is 0.508 e. The number of rotatable bonds is 21. The molecule has 7 rings (SSSR count). The van der Waals surface area contributed by atoms with Crippen LogP contribution in [0.1, 0.15) is 116 Å². The third-order valence-electron chi connectivity index (χ3n) is 22.1. The lowest BCUT2D eigenvalue weighted by Crippen LogP contribution is -2.65. The predicted molar refractivity (Wildman–Crippen MR) is 492 cm³/mol. The van der Waals surface area contributed by atoms with E-state index in [0.717, 1.165) is 47.2 Å². The minimum absolute atomic E-state index is 0.200. The number of aliphatic carboxylic acids is 4. The van der Waals surface area contributed by atoms with Crippen LogP contribution in [0, 0.1) is 5.41 Å². The maximum absolute atomic E-state index is 15.5. The Morgan fingerprint density at radius 2 is 0.884 bits per heavy atom. The van der Waals surface area contributed by atoms with Crippen molar-refractivity contribution in [2.24, 2.45) is 22.6 Å². The molecule has 0 saturated carbocycles. The fourth-order valence-electron chi connectivity index (χ4n) is 14.6. The highest BCUT2D eigenvalue weighted by Gasteiger charge is 2.44. The highest BCUT2D eigenvalue weighted by molar-refractivity contribution is 7.99. The van der Waals surface area contributed by atoms with Crippen molar-refractivity contribution in [1.82, 2.24) is 89.6 Å². The van der Waals surface area contributed by atoms with Gasteiger partial charge in [0.2, 0.25) is 106 Å². The number of carboxylic acid groups (broad SMARTS) is 4. The Labute approximate surface area is 799 Å². The van der Waals surface area contributed by atoms with Crippen molar-refractivity contribution in [3.8, 4) is 5.75 Å². The fourth-order valence-corrected chi connectivity index (χ4v) is 16.5. The number of benzene rings is 4. The molecule has 3 aliphatic rings. The fraction of sp³-hybridized carbons (Fsp3) is 0.500. The van der Waals surface area contributed by atoms with Crippen LogP contribution in [0.3, 0.4) is 0 Å². The monoisotopic (exact) mass is 1970 g/mol. The first kappa shape index (κ1) is 111. The molecular formula is C88H118N20O28S2. The molecule has 0 spiro atoms. The molecule has 0 aromatic heterocycles. The number of primary amides is 2. The first-order valence-electron chi connectivity index (χ1n) is 43.9. The summed E-state index contributed by atoms with van der Waals surface area (Å²) >= 11 is 1.76. The van der Waals surface area contributed by atoms with Crippen LogP contribution in [0.2, 0.25) is 0 Å². The SMILES string of the molecule is C[C@H](N)C(=O)N[C@H]1CSCCC(=O)N2CCN3CC(O)(C2)NC[C@H](NC(=O)[C@@H](C)NC(=O)[C@H](Cc2cccc4ccccc24)NC(=O)[C@H](CCC(=O)O)NC(=O)[C@H](CC(N)=O)NC(=O)[C@@H](C)NC1=O)C(=O)N[C@@H](CCC(=O)O)C(=O)N[C@@H](CC(=O)O)C(=O)N[C@@H](Cc1ccccc1)C(=O)N[C@@H](Cc1ccc(O)cc1)C(=O)N[C@@H](CC(=O)O)C(=O)N[C@@H](C(C)(C)C)C(=O)N[C@H](C(N)=O)CSCCC3=O. The Kier molecular flexibility index (Phi) is 42.0. The average molecular weight is 1970 g/mol.